The topological polar surface area (TPSA) is 77.1 Å². The first-order valence-electron chi connectivity index (χ1n) is 11.1. The van der Waals surface area contributed by atoms with E-state index in [4.69, 9.17) is 14.2 Å². The highest BCUT2D eigenvalue weighted by molar-refractivity contribution is 5.98. The standard InChI is InChI=1S/C27H28N2O5/c1-18-23(26(30)34-16-15-32-2)25(28-27(31)29(18)17-19-9-5-4-6-10-19)24-21-12-8-7-11-20(21)13-14-22(24)33-3/h4-14,25H,15-17H2,1-3H3,(H,28,31)/t25-/m1/s1. The summed E-state index contributed by atoms with van der Waals surface area (Å²) in [4.78, 5) is 28.2. The number of carbonyl (C=O) groups excluding carboxylic acids is 2. The van der Waals surface area contributed by atoms with Crippen LogP contribution in [-0.4, -0.2) is 44.3 Å². The zero-order valence-corrected chi connectivity index (χ0v) is 19.5. The SMILES string of the molecule is COCCOC(=O)C1=C(C)N(Cc2ccccc2)C(=O)N[C@H]1c1c(OC)ccc2ccccc12. The van der Waals surface area contributed by atoms with Gasteiger partial charge in [-0.3, -0.25) is 4.90 Å². The second-order valence-corrected chi connectivity index (χ2v) is 7.98. The molecule has 0 spiro atoms. The summed E-state index contributed by atoms with van der Waals surface area (Å²) < 4.78 is 16.2. The molecule has 0 fully saturated rings. The fraction of sp³-hybridized carbons (Fsp3) is 0.259. The first kappa shape index (κ1) is 23.3. The van der Waals surface area contributed by atoms with Crippen molar-refractivity contribution >= 4 is 22.8 Å². The zero-order valence-electron chi connectivity index (χ0n) is 19.5. The second kappa shape index (κ2) is 10.4. The van der Waals surface area contributed by atoms with Crippen molar-refractivity contribution in [2.75, 3.05) is 27.4 Å². The van der Waals surface area contributed by atoms with E-state index >= 15 is 0 Å². The highest BCUT2D eigenvalue weighted by Crippen LogP contribution is 2.40. The normalized spacial score (nSPS) is 15.9. The number of methoxy groups -OCH3 is 2. The Kier molecular flexibility index (Phi) is 7.13. The van der Waals surface area contributed by atoms with Gasteiger partial charge in [0.15, 0.2) is 0 Å². The number of hydrogen-bond acceptors (Lipinski definition) is 5. The number of nitrogens with one attached hydrogen (secondary N) is 1. The van der Waals surface area contributed by atoms with E-state index in [2.05, 4.69) is 5.32 Å². The summed E-state index contributed by atoms with van der Waals surface area (Å²) in [6, 6.07) is 20.2. The molecule has 1 N–H and O–H groups in total. The van der Waals surface area contributed by atoms with Gasteiger partial charge in [0.1, 0.15) is 12.4 Å². The lowest BCUT2D eigenvalue weighted by atomic mass is 9.90. The number of benzene rings is 3. The minimum absolute atomic E-state index is 0.109. The molecule has 34 heavy (non-hydrogen) atoms. The molecule has 1 heterocycles. The van der Waals surface area contributed by atoms with E-state index in [1.165, 1.54) is 0 Å². The van der Waals surface area contributed by atoms with E-state index in [9.17, 15) is 9.59 Å². The average Bonchev–Trinajstić information content (AvgIpc) is 2.86. The minimum Gasteiger partial charge on any atom is -0.496 e. The fourth-order valence-electron chi connectivity index (χ4n) is 4.27. The van der Waals surface area contributed by atoms with Crippen molar-refractivity contribution in [2.24, 2.45) is 0 Å². The Morgan fingerprint density at radius 1 is 0.971 bits per heavy atom. The largest absolute Gasteiger partial charge is 0.496 e. The minimum atomic E-state index is -0.740. The predicted octanol–water partition coefficient (Wildman–Crippen LogP) is 4.58. The van der Waals surface area contributed by atoms with E-state index in [1.54, 1.807) is 26.0 Å². The Morgan fingerprint density at radius 2 is 1.71 bits per heavy atom. The molecule has 1 aliphatic heterocycles. The van der Waals surface area contributed by atoms with Gasteiger partial charge in [-0.05, 0) is 29.3 Å². The molecule has 0 saturated carbocycles. The van der Waals surface area contributed by atoms with Gasteiger partial charge in [-0.25, -0.2) is 9.59 Å². The molecule has 0 radical (unpaired) electrons. The Morgan fingerprint density at radius 3 is 2.44 bits per heavy atom. The van der Waals surface area contributed by atoms with Crippen LogP contribution < -0.4 is 10.1 Å². The maximum Gasteiger partial charge on any atom is 0.338 e. The van der Waals surface area contributed by atoms with Crippen molar-refractivity contribution in [1.29, 1.82) is 0 Å². The summed E-state index contributed by atoms with van der Waals surface area (Å²) in [5.41, 5.74) is 2.56. The summed E-state index contributed by atoms with van der Waals surface area (Å²) in [6.45, 7) is 2.49. The fourth-order valence-corrected chi connectivity index (χ4v) is 4.27. The van der Waals surface area contributed by atoms with Gasteiger partial charge in [0, 0.05) is 18.4 Å². The molecular weight excluding hydrogens is 432 g/mol. The lowest BCUT2D eigenvalue weighted by Crippen LogP contribution is -2.47. The summed E-state index contributed by atoms with van der Waals surface area (Å²) >= 11 is 0. The van der Waals surface area contributed by atoms with Crippen molar-refractivity contribution < 1.29 is 23.8 Å². The Labute approximate surface area is 198 Å². The quantitative estimate of drug-likeness (QED) is 0.393. The number of amides is 2. The van der Waals surface area contributed by atoms with E-state index < -0.39 is 12.0 Å². The van der Waals surface area contributed by atoms with Gasteiger partial charge in [0.25, 0.3) is 0 Å². The zero-order chi connectivity index (χ0) is 24.1. The Balaban J connectivity index is 1.84. The van der Waals surface area contributed by atoms with Gasteiger partial charge >= 0.3 is 12.0 Å². The lowest BCUT2D eigenvalue weighted by Gasteiger charge is -2.36. The van der Waals surface area contributed by atoms with Crippen LogP contribution in [0.1, 0.15) is 24.1 Å². The molecule has 0 unspecified atom stereocenters. The van der Waals surface area contributed by atoms with Crippen molar-refractivity contribution in [3.05, 3.63) is 89.1 Å². The number of esters is 1. The molecule has 0 aliphatic carbocycles. The summed E-state index contributed by atoms with van der Waals surface area (Å²) in [6.07, 6.45) is 0. The third-order valence-electron chi connectivity index (χ3n) is 5.96. The molecule has 1 atom stereocenters. The Bertz CT molecular complexity index is 1220. The van der Waals surface area contributed by atoms with Crippen LogP contribution in [0.4, 0.5) is 4.79 Å². The highest BCUT2D eigenvalue weighted by Gasteiger charge is 2.38. The van der Waals surface area contributed by atoms with Gasteiger partial charge in [-0.2, -0.15) is 0 Å². The van der Waals surface area contributed by atoms with E-state index in [0.717, 1.165) is 16.3 Å². The monoisotopic (exact) mass is 460 g/mol. The van der Waals surface area contributed by atoms with Gasteiger partial charge in [-0.1, -0.05) is 60.7 Å². The Hall–Kier alpha value is -3.84. The molecule has 0 bridgehead atoms. The first-order chi connectivity index (χ1) is 16.5. The summed E-state index contributed by atoms with van der Waals surface area (Å²) in [5.74, 6) is 0.0723. The molecule has 4 rings (SSSR count). The van der Waals surface area contributed by atoms with Crippen LogP contribution in [0.15, 0.2) is 78.0 Å². The molecule has 7 nitrogen and oxygen atoms in total. The number of rotatable bonds is 8. The number of urea groups is 1. The van der Waals surface area contributed by atoms with E-state index in [0.29, 0.717) is 29.1 Å². The predicted molar refractivity (Wildman–Crippen MR) is 129 cm³/mol. The number of carbonyl (C=O) groups is 2. The maximum atomic E-state index is 13.4. The third-order valence-corrected chi connectivity index (χ3v) is 5.96. The first-order valence-corrected chi connectivity index (χ1v) is 11.1. The van der Waals surface area contributed by atoms with Crippen LogP contribution in [0.2, 0.25) is 0 Å². The number of hydrogen-bond donors (Lipinski definition) is 1. The van der Waals surface area contributed by atoms with Gasteiger partial charge in [-0.15, -0.1) is 0 Å². The van der Waals surface area contributed by atoms with Crippen molar-refractivity contribution in [3.63, 3.8) is 0 Å². The molecule has 7 heteroatoms. The van der Waals surface area contributed by atoms with Crippen molar-refractivity contribution in [2.45, 2.75) is 19.5 Å². The molecule has 176 valence electrons. The smallest absolute Gasteiger partial charge is 0.338 e. The van der Waals surface area contributed by atoms with Crippen LogP contribution in [-0.2, 0) is 20.8 Å². The number of nitrogens with zero attached hydrogens (tertiary/aromatic N) is 1. The number of fused-ring (bicyclic) bond motifs is 1. The van der Waals surface area contributed by atoms with Gasteiger partial charge < -0.3 is 19.5 Å². The van der Waals surface area contributed by atoms with Gasteiger partial charge in [0.05, 0.1) is 31.9 Å². The average molecular weight is 461 g/mol. The molecule has 0 saturated heterocycles. The van der Waals surface area contributed by atoms with Crippen LogP contribution >= 0.6 is 0 Å². The highest BCUT2D eigenvalue weighted by atomic mass is 16.6. The molecule has 3 aromatic carbocycles. The van der Waals surface area contributed by atoms with Crippen molar-refractivity contribution in [3.8, 4) is 5.75 Å². The van der Waals surface area contributed by atoms with Gasteiger partial charge in [0.2, 0.25) is 0 Å². The van der Waals surface area contributed by atoms with E-state index in [-0.39, 0.29) is 19.2 Å². The van der Waals surface area contributed by atoms with Crippen molar-refractivity contribution in [1.82, 2.24) is 10.2 Å². The third kappa shape index (κ3) is 4.61. The maximum absolute atomic E-state index is 13.4. The summed E-state index contributed by atoms with van der Waals surface area (Å²) in [7, 11) is 3.12. The molecule has 0 aromatic heterocycles. The van der Waals surface area contributed by atoms with Crippen LogP contribution in [0.3, 0.4) is 0 Å². The molecule has 3 aromatic rings. The summed E-state index contributed by atoms with van der Waals surface area (Å²) in [5, 5.41) is 4.90. The van der Waals surface area contributed by atoms with E-state index in [1.807, 2.05) is 66.7 Å². The van der Waals surface area contributed by atoms with Crippen LogP contribution in [0.5, 0.6) is 5.75 Å². The van der Waals surface area contributed by atoms with Crippen LogP contribution in [0, 0.1) is 0 Å². The number of allylic oxidation sites excluding steroid dienone is 1. The molecular formula is C27H28N2O5. The molecule has 2 amide bonds. The second-order valence-electron chi connectivity index (χ2n) is 7.98. The lowest BCUT2D eigenvalue weighted by molar-refractivity contribution is -0.140. The molecule has 1 aliphatic rings. The number of ether oxygens (including phenoxy) is 3. The van der Waals surface area contributed by atoms with Crippen LogP contribution in [0.25, 0.3) is 10.8 Å².